The van der Waals surface area contributed by atoms with E-state index >= 15 is 26.3 Å². The summed E-state index contributed by atoms with van der Waals surface area (Å²) in [5.74, 6) is -6.51. The average molecular weight is 1160 g/mol. The van der Waals surface area contributed by atoms with E-state index in [1.165, 1.54) is 46.9 Å². The summed E-state index contributed by atoms with van der Waals surface area (Å²) in [7, 11) is 1.20. The molecule has 1 aromatic heterocycles. The molecular weight excluding hydrogens is 1110 g/mol. The summed E-state index contributed by atoms with van der Waals surface area (Å²) in [4.78, 5) is 114. The highest BCUT2D eigenvalue weighted by molar-refractivity contribution is 6.37. The maximum atomic E-state index is 15.8. The van der Waals surface area contributed by atoms with Gasteiger partial charge in [-0.3, -0.25) is 43.3 Å². The van der Waals surface area contributed by atoms with Crippen molar-refractivity contribution in [2.45, 2.75) is 71.6 Å². The number of halogens is 6. The van der Waals surface area contributed by atoms with Crippen LogP contribution in [-0.4, -0.2) is 81.8 Å². The van der Waals surface area contributed by atoms with E-state index in [0.717, 1.165) is 112 Å². The Morgan fingerprint density at radius 1 is 0.365 bits per heavy atom. The van der Waals surface area contributed by atoms with Gasteiger partial charge in [0.15, 0.2) is 0 Å². The molecule has 0 fully saturated rings. The second kappa shape index (κ2) is 18.7. The van der Waals surface area contributed by atoms with Gasteiger partial charge in [-0.15, -0.1) is 10.2 Å². The van der Waals surface area contributed by atoms with E-state index in [1.807, 2.05) is 31.2 Å². The molecule has 0 N–H and O–H groups in total. The molecule has 0 saturated heterocycles. The number of hydrogen-bond acceptors (Lipinski definition) is 11. The predicted molar refractivity (Wildman–Crippen MR) is 296 cm³/mol. The Balaban J connectivity index is 0.828. The summed E-state index contributed by atoms with van der Waals surface area (Å²) in [5, 5.41) is 8.23. The lowest BCUT2D eigenvalue weighted by atomic mass is 9.74. The van der Waals surface area contributed by atoms with Gasteiger partial charge in [-0.05, 0) is 178 Å². The molecule has 426 valence electrons. The Morgan fingerprint density at radius 2 is 0.647 bits per heavy atom. The highest BCUT2D eigenvalue weighted by atomic mass is 19.4. The molecule has 4 aliphatic heterocycles. The standard InChI is InChI=1S/C64H44F6N6O9/c1-29-9-11-34(12-10-29)51-71-72-52(85-51)35-13-19-40(20-14-35)74-55(79)42-22-16-37(26-46(42)58(74)82)62(7,64(68,69)70)39-18-24-44-48(28-39)60(84)76(57(44)81)50-32(4)30(2)49(31(3)33(50)5)75-56(80)43-23-17-38(27-47(43)59(75)83)61(6,63(65,66)67)36-15-21-41-45(25-36)54(78)73(8)53(41)77/h9-28H,1-8H3. The van der Waals surface area contributed by atoms with E-state index in [-0.39, 0.29) is 95.6 Å². The topological polar surface area (TPSA) is 188 Å². The van der Waals surface area contributed by atoms with E-state index in [2.05, 4.69) is 10.2 Å². The van der Waals surface area contributed by atoms with Crippen molar-refractivity contribution in [1.82, 2.24) is 15.1 Å². The number of fused-ring (bicyclic) bond motifs is 4. The van der Waals surface area contributed by atoms with Gasteiger partial charge in [-0.25, -0.2) is 14.7 Å². The van der Waals surface area contributed by atoms with Gasteiger partial charge >= 0.3 is 12.4 Å². The maximum absolute atomic E-state index is 15.8. The van der Waals surface area contributed by atoms with Gasteiger partial charge in [0.1, 0.15) is 10.8 Å². The van der Waals surface area contributed by atoms with Crippen molar-refractivity contribution in [3.05, 3.63) is 216 Å². The third-order valence-corrected chi connectivity index (χ3v) is 17.3. The smallest absolute Gasteiger partial charge is 0.402 e. The molecule has 21 heteroatoms. The fourth-order valence-electron chi connectivity index (χ4n) is 11.8. The molecule has 12 rings (SSSR count). The zero-order valence-electron chi connectivity index (χ0n) is 46.2. The number of carbonyl (C=O) groups is 8. The highest BCUT2D eigenvalue weighted by Crippen LogP contribution is 2.51. The molecule has 2 atom stereocenters. The van der Waals surface area contributed by atoms with E-state index in [9.17, 15) is 38.4 Å². The van der Waals surface area contributed by atoms with Gasteiger partial charge in [0, 0.05) is 18.2 Å². The summed E-state index contributed by atoms with van der Waals surface area (Å²) >= 11 is 0. The maximum Gasteiger partial charge on any atom is 0.402 e. The Morgan fingerprint density at radius 3 is 1.00 bits per heavy atom. The largest absolute Gasteiger partial charge is 0.416 e. The summed E-state index contributed by atoms with van der Waals surface area (Å²) in [6, 6.07) is 26.1. The molecule has 4 aliphatic rings. The van der Waals surface area contributed by atoms with Crippen LogP contribution in [0.4, 0.5) is 43.4 Å². The Labute approximate surface area is 479 Å². The number of aryl methyl sites for hydroxylation is 1. The fourth-order valence-corrected chi connectivity index (χ4v) is 11.8. The molecule has 0 spiro atoms. The fraction of sp³-hybridized carbons (Fsp3) is 0.188. The zero-order valence-corrected chi connectivity index (χ0v) is 46.2. The van der Waals surface area contributed by atoms with Crippen molar-refractivity contribution in [1.29, 1.82) is 0 Å². The molecular formula is C64H44F6N6O9. The van der Waals surface area contributed by atoms with Crippen LogP contribution in [0.25, 0.3) is 22.9 Å². The van der Waals surface area contributed by atoms with Gasteiger partial charge in [-0.2, -0.15) is 26.3 Å². The molecule has 7 aromatic carbocycles. The van der Waals surface area contributed by atoms with Crippen LogP contribution in [0.1, 0.15) is 147 Å². The van der Waals surface area contributed by atoms with Crippen molar-refractivity contribution < 1.29 is 69.1 Å². The van der Waals surface area contributed by atoms with Gasteiger partial charge in [0.25, 0.3) is 47.3 Å². The van der Waals surface area contributed by atoms with Gasteiger partial charge in [0.2, 0.25) is 11.8 Å². The van der Waals surface area contributed by atoms with E-state index in [0.29, 0.717) is 11.1 Å². The molecule has 15 nitrogen and oxygen atoms in total. The van der Waals surface area contributed by atoms with E-state index < -0.39 is 92.7 Å². The molecule has 5 heterocycles. The molecule has 0 saturated carbocycles. The summed E-state index contributed by atoms with van der Waals surface area (Å²) in [5.41, 5.74) is -6.49. The number of carbonyl (C=O) groups excluding carboxylic acids is 8. The van der Waals surface area contributed by atoms with Crippen molar-refractivity contribution in [3.8, 4) is 22.9 Å². The van der Waals surface area contributed by atoms with Crippen LogP contribution in [-0.2, 0) is 10.8 Å². The van der Waals surface area contributed by atoms with Crippen molar-refractivity contribution in [2.75, 3.05) is 21.7 Å². The van der Waals surface area contributed by atoms with Gasteiger partial charge in [-0.1, -0.05) is 42.0 Å². The lowest BCUT2D eigenvalue weighted by molar-refractivity contribution is -0.173. The zero-order chi connectivity index (χ0) is 61.0. The first-order valence-electron chi connectivity index (χ1n) is 26.3. The minimum absolute atomic E-state index is 0.00790. The first-order valence-corrected chi connectivity index (χ1v) is 26.3. The summed E-state index contributed by atoms with van der Waals surface area (Å²) in [6.45, 7) is 9.65. The third kappa shape index (κ3) is 7.81. The van der Waals surface area contributed by atoms with Crippen LogP contribution in [0.2, 0.25) is 0 Å². The lowest BCUT2D eigenvalue weighted by Gasteiger charge is -2.33. The number of benzene rings is 7. The second-order valence-corrected chi connectivity index (χ2v) is 21.8. The minimum Gasteiger partial charge on any atom is -0.416 e. The van der Waals surface area contributed by atoms with Gasteiger partial charge < -0.3 is 4.42 Å². The van der Waals surface area contributed by atoms with E-state index in [1.54, 1.807) is 12.1 Å². The van der Waals surface area contributed by atoms with Crippen molar-refractivity contribution in [2.24, 2.45) is 0 Å². The number of alkyl halides is 6. The average Bonchev–Trinajstić information content (AvgIpc) is 1.89. The number of nitrogens with zero attached hydrogens (tertiary/aromatic N) is 6. The SMILES string of the molecule is Cc1ccc(-c2nnc(-c3ccc(N4C(=O)c5ccc(C(C)(c6ccc7c(c6)C(=O)N(c6c(C)c(C)c(N8C(=O)c9ccc(C(C)(c%10ccc%11c(c%10)C(=O)N(C)C%11=O)C(F)(F)F)cc9C8=O)c(C)c6C)C7=O)C(F)(F)F)cc5C4=O)cc3)o2)cc1. The first-order chi connectivity index (χ1) is 40.0. The van der Waals surface area contributed by atoms with Crippen LogP contribution in [0.3, 0.4) is 0 Å². The molecule has 8 aromatic rings. The molecule has 8 amide bonds. The number of hydrogen-bond donors (Lipinski definition) is 0. The summed E-state index contributed by atoms with van der Waals surface area (Å²) in [6.07, 6.45) is -10.2. The van der Waals surface area contributed by atoms with Crippen LogP contribution in [0, 0.1) is 34.6 Å². The van der Waals surface area contributed by atoms with Crippen LogP contribution >= 0.6 is 0 Å². The normalized spacial score (nSPS) is 16.4. The first kappa shape index (κ1) is 55.4. The second-order valence-electron chi connectivity index (χ2n) is 21.8. The number of rotatable bonds is 9. The third-order valence-electron chi connectivity index (χ3n) is 17.3. The number of anilines is 3. The van der Waals surface area contributed by atoms with E-state index in [4.69, 9.17) is 4.42 Å². The molecule has 0 aliphatic carbocycles. The number of amides is 8. The van der Waals surface area contributed by atoms with Crippen molar-refractivity contribution >= 4 is 64.3 Å². The Bertz CT molecular complexity index is 4390. The Kier molecular flexibility index (Phi) is 12.2. The van der Waals surface area contributed by atoms with Crippen molar-refractivity contribution in [3.63, 3.8) is 0 Å². The molecule has 0 radical (unpaired) electrons. The number of aromatic nitrogens is 2. The van der Waals surface area contributed by atoms with Gasteiger partial charge in [0.05, 0.1) is 61.6 Å². The summed E-state index contributed by atoms with van der Waals surface area (Å²) < 4.78 is 99.4. The molecule has 2 unspecified atom stereocenters. The lowest BCUT2D eigenvalue weighted by Crippen LogP contribution is -2.41. The molecule has 0 bridgehead atoms. The number of imide groups is 4. The minimum atomic E-state index is -5.11. The monoisotopic (exact) mass is 1150 g/mol. The predicted octanol–water partition coefficient (Wildman–Crippen LogP) is 12.3. The quantitative estimate of drug-likeness (QED) is 0.0988. The molecule has 85 heavy (non-hydrogen) atoms. The Hall–Kier alpha value is -10.2. The highest BCUT2D eigenvalue weighted by Gasteiger charge is 2.57. The van der Waals surface area contributed by atoms with Crippen LogP contribution in [0.5, 0.6) is 0 Å². The van der Waals surface area contributed by atoms with Crippen LogP contribution in [0.15, 0.2) is 126 Å². The van der Waals surface area contributed by atoms with Crippen LogP contribution < -0.4 is 14.7 Å².